The number of pyridine rings is 2. The van der Waals surface area contributed by atoms with Gasteiger partial charge < -0.3 is 33.3 Å². The first-order valence-corrected chi connectivity index (χ1v) is 16.4. The van der Waals surface area contributed by atoms with Gasteiger partial charge in [-0.2, -0.15) is 0 Å². The van der Waals surface area contributed by atoms with Gasteiger partial charge in [-0.3, -0.25) is 0 Å². The quantitative estimate of drug-likeness (QED) is 0.210. The third kappa shape index (κ3) is 5.75. The van der Waals surface area contributed by atoms with E-state index in [0.29, 0.717) is 11.6 Å². The first kappa shape index (κ1) is 32.8. The molecule has 10 rings (SSSR count). The summed E-state index contributed by atoms with van der Waals surface area (Å²) in [6.45, 7) is 0. The summed E-state index contributed by atoms with van der Waals surface area (Å²) in [6, 6.07) is 8.48. The van der Waals surface area contributed by atoms with Crippen molar-refractivity contribution in [3.63, 3.8) is 0 Å². The molecule has 2 aliphatic carbocycles. The minimum Gasteiger partial charge on any atom is -0.870 e. The molecule has 2 N–H and O–H groups in total. The van der Waals surface area contributed by atoms with Gasteiger partial charge in [-0.05, 0) is 73.6 Å². The summed E-state index contributed by atoms with van der Waals surface area (Å²) in [6.07, 6.45) is 20.0. The average Bonchev–Trinajstić information content (AvgIpc) is 3.70. The van der Waals surface area contributed by atoms with Crippen LogP contribution in [0, 0.1) is 0 Å². The molecule has 2 unspecified atom stereocenters. The van der Waals surface area contributed by atoms with Crippen molar-refractivity contribution in [3.8, 4) is 0 Å². The van der Waals surface area contributed by atoms with E-state index < -0.39 is 5.97 Å². The van der Waals surface area contributed by atoms with Gasteiger partial charge in [0.15, 0.2) is 0 Å². The predicted octanol–water partition coefficient (Wildman–Crippen LogP) is 2.20. The van der Waals surface area contributed by atoms with E-state index in [1.807, 2.05) is 15.3 Å². The maximum Gasteiger partial charge on any atom is 1.00 e. The topological polar surface area (TPSA) is 164 Å². The van der Waals surface area contributed by atoms with Gasteiger partial charge in [0.25, 0.3) is 0 Å². The normalized spacial score (nSPS) is 19.0. The number of carbonyl (C=O) groups is 2. The van der Waals surface area contributed by atoms with E-state index in [4.69, 9.17) is 14.7 Å². The number of rotatable bonds is 6. The number of carboxylic acids is 1. The number of imidazole rings is 4. The van der Waals surface area contributed by atoms with Crippen LogP contribution in [0.25, 0.3) is 11.3 Å². The van der Waals surface area contributed by atoms with Crippen LogP contribution in [-0.4, -0.2) is 67.5 Å². The number of hydrogen-bond acceptors (Lipinski definition) is 8. The van der Waals surface area contributed by atoms with E-state index in [1.165, 1.54) is 50.1 Å². The van der Waals surface area contributed by atoms with E-state index in [0.717, 1.165) is 65.9 Å². The third-order valence-electron chi connectivity index (χ3n) is 10.0. The molecule has 246 valence electrons. The third-order valence-corrected chi connectivity index (χ3v) is 10.0. The largest absolute Gasteiger partial charge is 1.00 e. The van der Waals surface area contributed by atoms with Gasteiger partial charge in [-0.1, -0.05) is 12.1 Å². The minimum absolute atomic E-state index is 0. The van der Waals surface area contributed by atoms with Crippen LogP contribution in [0.3, 0.4) is 0 Å². The zero-order valence-corrected chi connectivity index (χ0v) is 27.4. The maximum absolute atomic E-state index is 12.0. The molecule has 0 amide bonds. The number of methoxy groups -OCH3 is 1. The Labute approximate surface area is 293 Å². The fourth-order valence-corrected chi connectivity index (χ4v) is 7.32. The number of aryl methyl sites for hydroxylation is 2. The van der Waals surface area contributed by atoms with E-state index in [9.17, 15) is 14.7 Å². The van der Waals surface area contributed by atoms with Crippen LogP contribution in [0.15, 0.2) is 61.4 Å². The summed E-state index contributed by atoms with van der Waals surface area (Å²) in [5.74, 6) is 1.91. The number of aromatic carboxylic acids is 1. The van der Waals surface area contributed by atoms with E-state index in [1.54, 1.807) is 6.20 Å². The summed E-state index contributed by atoms with van der Waals surface area (Å²) >= 11 is 0. The fourth-order valence-electron chi connectivity index (χ4n) is 7.32. The molecule has 6 aromatic rings. The predicted molar refractivity (Wildman–Crippen MR) is 172 cm³/mol. The number of carbonyl (C=O) groups excluding carboxylic acids is 1. The molecule has 0 bridgehead atoms. The second-order valence-electron chi connectivity index (χ2n) is 13.1. The molecular weight excluding hydrogens is 619 g/mol. The Balaban J connectivity index is 0.000000148. The van der Waals surface area contributed by atoms with E-state index >= 15 is 0 Å². The molecule has 2 fully saturated rings. The average molecular weight is 655 g/mol. The van der Waals surface area contributed by atoms with Gasteiger partial charge in [0.2, 0.25) is 0 Å². The van der Waals surface area contributed by atoms with Crippen LogP contribution in [0.1, 0.15) is 118 Å². The molecule has 0 saturated heterocycles. The number of esters is 1. The number of hydrogen-bond donors (Lipinski definition) is 1. The van der Waals surface area contributed by atoms with Crippen LogP contribution in [0.4, 0.5) is 0 Å². The first-order chi connectivity index (χ1) is 22.9. The molecule has 0 spiro atoms. The second-order valence-corrected chi connectivity index (χ2v) is 13.1. The first-order valence-electron chi connectivity index (χ1n) is 16.4. The Kier molecular flexibility index (Phi) is 8.46. The SMILES string of the molecule is COC(=O)c1cnc2n1C(c1cn3cc(C4CC4)ccc3n1)CC2.O=C(O)c1cnc2n1C(c1cn3cc(C4CC4)ccc3n1)CC2.[Li+].[OH-]. The Hall–Kier alpha value is -4.70. The minimum atomic E-state index is -0.935. The second kappa shape index (κ2) is 12.6. The van der Waals surface area contributed by atoms with Crippen LogP contribution >= 0.6 is 0 Å². The summed E-state index contributed by atoms with van der Waals surface area (Å²) < 4.78 is 12.9. The van der Waals surface area contributed by atoms with Crippen LogP contribution < -0.4 is 18.9 Å². The van der Waals surface area contributed by atoms with Gasteiger partial charge in [-0.25, -0.2) is 29.5 Å². The Bertz CT molecular complexity index is 2210. The summed E-state index contributed by atoms with van der Waals surface area (Å²) in [5.41, 5.74) is 7.25. The number of fused-ring (bicyclic) bond motifs is 4. The molecule has 49 heavy (non-hydrogen) atoms. The molecule has 14 heteroatoms. The zero-order valence-electron chi connectivity index (χ0n) is 27.4. The molecule has 2 atom stereocenters. The molecule has 6 aromatic heterocycles. The fraction of sp³-hybridized carbons (Fsp3) is 0.371. The van der Waals surface area contributed by atoms with Crippen molar-refractivity contribution in [2.24, 2.45) is 0 Å². The zero-order chi connectivity index (χ0) is 31.8. The summed E-state index contributed by atoms with van der Waals surface area (Å²) in [4.78, 5) is 41.5. The van der Waals surface area contributed by atoms with E-state index in [-0.39, 0.29) is 48.1 Å². The molecule has 2 aliphatic heterocycles. The molecule has 13 nitrogen and oxygen atoms in total. The van der Waals surface area contributed by atoms with Crippen molar-refractivity contribution in [2.45, 2.75) is 75.3 Å². The van der Waals surface area contributed by atoms with Crippen molar-refractivity contribution in [2.75, 3.05) is 7.11 Å². The van der Waals surface area contributed by atoms with Gasteiger partial charge in [-0.15, -0.1) is 0 Å². The van der Waals surface area contributed by atoms with E-state index in [2.05, 4.69) is 61.6 Å². The molecule has 2 saturated carbocycles. The van der Waals surface area contributed by atoms with Crippen LogP contribution in [-0.2, 0) is 17.6 Å². The monoisotopic (exact) mass is 654 g/mol. The van der Waals surface area contributed by atoms with Crippen molar-refractivity contribution < 1.29 is 43.8 Å². The Morgan fingerprint density at radius 2 is 1.18 bits per heavy atom. The number of nitrogens with zero attached hydrogens (tertiary/aromatic N) is 8. The summed E-state index contributed by atoms with van der Waals surface area (Å²) in [7, 11) is 1.40. The standard InChI is InChI=1S/C18H18N4O2.C17H16N4O2.Li.H2O/c1-24-18(23)15-8-19-16-7-5-14(22(15)16)13-10-21-9-12(11-2-3-11)4-6-17(21)20-13;22-17(23)14-7-18-15-6-4-13(21(14)15)12-9-20-8-11(10-1-2-10)3-5-16(20)19-12;;/h4,6,8-11,14H,2-3,5,7H2,1H3;3,5,7-10,13H,1-2,4,6H2,(H,22,23);;1H2/q;;+1;/p-1. The molecule has 8 heterocycles. The van der Waals surface area contributed by atoms with Crippen molar-refractivity contribution in [1.29, 1.82) is 0 Å². The molecule has 4 aliphatic rings. The van der Waals surface area contributed by atoms with Gasteiger partial charge in [0.05, 0.1) is 43.0 Å². The Morgan fingerprint density at radius 1 is 0.714 bits per heavy atom. The van der Waals surface area contributed by atoms with Crippen molar-refractivity contribution in [1.82, 2.24) is 37.9 Å². The number of aromatic nitrogens is 8. The molecule has 0 radical (unpaired) electrons. The smallest absolute Gasteiger partial charge is 0.870 e. The number of ether oxygens (including phenoxy) is 1. The molecule has 0 aromatic carbocycles. The van der Waals surface area contributed by atoms with Gasteiger partial charge in [0, 0.05) is 37.6 Å². The molecular formula is C35H35LiN8O5. The van der Waals surface area contributed by atoms with Gasteiger partial charge in [0.1, 0.15) is 34.3 Å². The maximum atomic E-state index is 12.0. The van der Waals surface area contributed by atoms with Crippen molar-refractivity contribution >= 4 is 23.2 Å². The van der Waals surface area contributed by atoms with Crippen molar-refractivity contribution in [3.05, 3.63) is 107 Å². The van der Waals surface area contributed by atoms with Crippen LogP contribution in [0.5, 0.6) is 0 Å². The number of carboxylic acid groups (broad SMARTS) is 1. The van der Waals surface area contributed by atoms with Crippen LogP contribution in [0.2, 0.25) is 0 Å². The Morgan fingerprint density at radius 3 is 1.63 bits per heavy atom. The van der Waals surface area contributed by atoms with Gasteiger partial charge >= 0.3 is 30.8 Å². The summed E-state index contributed by atoms with van der Waals surface area (Å²) in [5, 5.41) is 9.36.